The lowest BCUT2D eigenvalue weighted by atomic mass is 10.2. The third-order valence-corrected chi connectivity index (χ3v) is 5.34. The third-order valence-electron chi connectivity index (χ3n) is 3.89. The van der Waals surface area contributed by atoms with Crippen LogP contribution in [0.25, 0.3) is 0 Å². The van der Waals surface area contributed by atoms with E-state index in [0.29, 0.717) is 17.0 Å². The summed E-state index contributed by atoms with van der Waals surface area (Å²) in [6.07, 6.45) is -0.915. The summed E-state index contributed by atoms with van der Waals surface area (Å²) in [7, 11) is 0. The maximum Gasteiger partial charge on any atom is 0.349 e. The van der Waals surface area contributed by atoms with E-state index in [2.05, 4.69) is 5.32 Å². The number of halogens is 2. The van der Waals surface area contributed by atoms with E-state index >= 15 is 0 Å². The fourth-order valence-electron chi connectivity index (χ4n) is 2.60. The van der Waals surface area contributed by atoms with Crippen LogP contribution in [0.3, 0.4) is 0 Å². The van der Waals surface area contributed by atoms with Gasteiger partial charge in [-0.25, -0.2) is 14.0 Å². The van der Waals surface area contributed by atoms with Gasteiger partial charge in [-0.05, 0) is 43.7 Å². The van der Waals surface area contributed by atoms with Gasteiger partial charge < -0.3 is 14.8 Å². The molecule has 2 atom stereocenters. The number of carbonyl (C=O) groups is 3. The monoisotopic (exact) mass is 411 g/mol. The smallest absolute Gasteiger partial charge is 0.349 e. The molecular formula is C18H15ClFNO5S. The Morgan fingerprint density at radius 2 is 2.11 bits per heavy atom. The zero-order chi connectivity index (χ0) is 19.7. The molecule has 0 spiro atoms. The van der Waals surface area contributed by atoms with Gasteiger partial charge >= 0.3 is 11.9 Å². The predicted octanol–water partition coefficient (Wildman–Crippen LogP) is 3.96. The summed E-state index contributed by atoms with van der Waals surface area (Å²) in [5.41, 5.74) is 0.695. The molecule has 1 amide bonds. The molecule has 1 saturated heterocycles. The number of cyclic esters (lactones) is 1. The summed E-state index contributed by atoms with van der Waals surface area (Å²) in [5.74, 6) is -2.30. The maximum absolute atomic E-state index is 13.1. The van der Waals surface area contributed by atoms with E-state index in [1.165, 1.54) is 6.07 Å². The Morgan fingerprint density at radius 3 is 2.74 bits per heavy atom. The van der Waals surface area contributed by atoms with Crippen molar-refractivity contribution in [1.82, 2.24) is 0 Å². The number of ether oxygens (including phenoxy) is 2. The Morgan fingerprint density at radius 1 is 1.37 bits per heavy atom. The first-order valence-corrected chi connectivity index (χ1v) is 9.22. The highest BCUT2D eigenvalue weighted by molar-refractivity contribution is 7.18. The number of benzene rings is 1. The van der Waals surface area contributed by atoms with E-state index in [1.54, 1.807) is 19.9 Å². The van der Waals surface area contributed by atoms with Crippen LogP contribution < -0.4 is 5.32 Å². The lowest BCUT2D eigenvalue weighted by molar-refractivity contribution is -0.147. The molecule has 0 bridgehead atoms. The molecule has 27 heavy (non-hydrogen) atoms. The zero-order valence-corrected chi connectivity index (χ0v) is 15.9. The van der Waals surface area contributed by atoms with Crippen molar-refractivity contribution >= 4 is 45.8 Å². The first-order valence-electron chi connectivity index (χ1n) is 8.03. The van der Waals surface area contributed by atoms with Crippen LogP contribution in [-0.4, -0.2) is 30.1 Å². The molecule has 2 heterocycles. The van der Waals surface area contributed by atoms with Gasteiger partial charge in [0.25, 0.3) is 5.91 Å². The van der Waals surface area contributed by atoms with Gasteiger partial charge in [0.2, 0.25) is 6.10 Å². The second-order valence-corrected chi connectivity index (χ2v) is 7.54. The van der Waals surface area contributed by atoms with Crippen LogP contribution in [0.1, 0.15) is 38.9 Å². The van der Waals surface area contributed by atoms with Crippen molar-refractivity contribution in [3.8, 4) is 0 Å². The van der Waals surface area contributed by atoms with Crippen molar-refractivity contribution in [2.24, 2.45) is 0 Å². The molecular weight excluding hydrogens is 397 g/mol. The number of carbonyl (C=O) groups excluding carboxylic acids is 3. The summed E-state index contributed by atoms with van der Waals surface area (Å²) in [6, 6.07) is 5.05. The number of hydrogen-bond donors (Lipinski definition) is 1. The quantitative estimate of drug-likeness (QED) is 0.770. The molecule has 9 heteroatoms. The molecule has 0 radical (unpaired) electrons. The van der Waals surface area contributed by atoms with Gasteiger partial charge in [-0.1, -0.05) is 11.6 Å². The largest absolute Gasteiger partial charge is 0.460 e. The van der Waals surface area contributed by atoms with Crippen molar-refractivity contribution in [3.05, 3.63) is 51.1 Å². The van der Waals surface area contributed by atoms with E-state index in [9.17, 15) is 18.8 Å². The second-order valence-electron chi connectivity index (χ2n) is 6.08. The molecule has 2 aromatic rings. The molecule has 1 aliphatic rings. The summed E-state index contributed by atoms with van der Waals surface area (Å²) in [6.45, 7) is 3.40. The molecule has 1 aromatic carbocycles. The lowest BCUT2D eigenvalue weighted by Crippen LogP contribution is -2.22. The normalized spacial score (nSPS) is 18.9. The third kappa shape index (κ3) is 4.28. The summed E-state index contributed by atoms with van der Waals surface area (Å²) in [5, 5.41) is 2.99. The number of nitrogens with one attached hydrogen (secondary N) is 1. The molecule has 1 aromatic heterocycles. The van der Waals surface area contributed by atoms with E-state index in [0.717, 1.165) is 23.5 Å². The van der Waals surface area contributed by atoms with Gasteiger partial charge in [-0.2, -0.15) is 0 Å². The van der Waals surface area contributed by atoms with Gasteiger partial charge in [-0.15, -0.1) is 11.3 Å². The number of thiophene rings is 1. The van der Waals surface area contributed by atoms with Crippen LogP contribution in [0.2, 0.25) is 5.02 Å². The highest BCUT2D eigenvalue weighted by Crippen LogP contribution is 2.30. The molecule has 1 N–H and O–H groups in total. The Balaban J connectivity index is 1.71. The summed E-state index contributed by atoms with van der Waals surface area (Å²) < 4.78 is 23.3. The molecule has 0 saturated carbocycles. The first-order chi connectivity index (χ1) is 12.7. The van der Waals surface area contributed by atoms with Crippen molar-refractivity contribution in [2.45, 2.75) is 32.5 Å². The van der Waals surface area contributed by atoms with E-state index in [-0.39, 0.29) is 21.6 Å². The Hall–Kier alpha value is -2.45. The van der Waals surface area contributed by atoms with Gasteiger partial charge in [0, 0.05) is 6.42 Å². The minimum atomic E-state index is -0.926. The molecule has 2 unspecified atom stereocenters. The van der Waals surface area contributed by atoms with Crippen molar-refractivity contribution in [3.63, 3.8) is 0 Å². The molecule has 3 rings (SSSR count). The molecule has 142 valence electrons. The highest BCUT2D eigenvalue weighted by Gasteiger charge is 2.35. The Kier molecular flexibility index (Phi) is 5.48. The SMILES string of the molecule is Cc1cc(NC(=O)c2ccc(F)cc2Cl)sc1C(=O)OC1CC(C)OC1=O. The number of anilines is 1. The molecule has 6 nitrogen and oxygen atoms in total. The minimum absolute atomic E-state index is 0.0192. The number of rotatable bonds is 4. The number of aryl methyl sites for hydroxylation is 1. The van der Waals surface area contributed by atoms with Crippen molar-refractivity contribution in [2.75, 3.05) is 5.32 Å². The summed E-state index contributed by atoms with van der Waals surface area (Å²) >= 11 is 6.89. The second kappa shape index (κ2) is 7.66. The van der Waals surface area contributed by atoms with Crippen LogP contribution in [0.5, 0.6) is 0 Å². The van der Waals surface area contributed by atoms with Crippen LogP contribution in [0.4, 0.5) is 9.39 Å². The first kappa shape index (κ1) is 19.3. The van der Waals surface area contributed by atoms with Crippen LogP contribution in [-0.2, 0) is 14.3 Å². The Bertz CT molecular complexity index is 928. The predicted molar refractivity (Wildman–Crippen MR) is 97.8 cm³/mol. The Labute approximate surface area is 163 Å². The van der Waals surface area contributed by atoms with E-state index < -0.39 is 29.8 Å². The highest BCUT2D eigenvalue weighted by atomic mass is 35.5. The number of esters is 2. The van der Waals surface area contributed by atoms with Gasteiger partial charge in [-0.3, -0.25) is 4.79 Å². The van der Waals surface area contributed by atoms with E-state index in [4.69, 9.17) is 21.1 Å². The van der Waals surface area contributed by atoms with Crippen LogP contribution in [0.15, 0.2) is 24.3 Å². The zero-order valence-electron chi connectivity index (χ0n) is 14.4. The topological polar surface area (TPSA) is 81.7 Å². The molecule has 1 fully saturated rings. The van der Waals surface area contributed by atoms with Crippen LogP contribution >= 0.6 is 22.9 Å². The van der Waals surface area contributed by atoms with Crippen LogP contribution in [0, 0.1) is 12.7 Å². The minimum Gasteiger partial charge on any atom is -0.460 e. The molecule has 0 aliphatic carbocycles. The van der Waals surface area contributed by atoms with E-state index in [1.807, 2.05) is 0 Å². The van der Waals surface area contributed by atoms with Gasteiger partial charge in [0.05, 0.1) is 15.6 Å². The fourth-order valence-corrected chi connectivity index (χ4v) is 3.80. The number of hydrogen-bond acceptors (Lipinski definition) is 6. The standard InChI is InChI=1S/C18H15ClFNO5S/c1-8-5-14(21-16(22)11-4-3-10(20)7-12(11)19)27-15(8)18(24)26-13-6-9(2)25-17(13)23/h3-5,7,9,13H,6H2,1-2H3,(H,21,22). The lowest BCUT2D eigenvalue weighted by Gasteiger charge is -2.07. The van der Waals surface area contributed by atoms with Gasteiger partial charge in [0.1, 0.15) is 16.8 Å². The average Bonchev–Trinajstić information content (AvgIpc) is 3.08. The van der Waals surface area contributed by atoms with Gasteiger partial charge in [0.15, 0.2) is 0 Å². The fraction of sp³-hybridized carbons (Fsp3) is 0.278. The summed E-state index contributed by atoms with van der Waals surface area (Å²) in [4.78, 5) is 36.5. The average molecular weight is 412 g/mol. The van der Waals surface area contributed by atoms with Crippen molar-refractivity contribution in [1.29, 1.82) is 0 Å². The molecule has 1 aliphatic heterocycles. The number of amides is 1. The van der Waals surface area contributed by atoms with Crippen molar-refractivity contribution < 1.29 is 28.2 Å². The maximum atomic E-state index is 13.1.